The molecule has 0 unspecified atom stereocenters. The van der Waals surface area contributed by atoms with Crippen molar-refractivity contribution in [2.45, 2.75) is 6.18 Å². The molecule has 12 heavy (non-hydrogen) atoms. The second-order valence-corrected chi connectivity index (χ2v) is 1.74. The predicted octanol–water partition coefficient (Wildman–Crippen LogP) is 1.42. The molecule has 0 N–H and O–H groups in total. The average molecular weight is 207 g/mol. The highest BCUT2D eigenvalue weighted by molar-refractivity contribution is 6.61. The Hall–Kier alpha value is -0.980. The van der Waals surface area contributed by atoms with Crippen LogP contribution in [0, 0.1) is 0 Å². The van der Waals surface area contributed by atoms with Crippen LogP contribution in [0.4, 0.5) is 18.0 Å². The van der Waals surface area contributed by atoms with Crippen LogP contribution < -0.4 is 0 Å². The summed E-state index contributed by atoms with van der Waals surface area (Å²) >= 11 is 4.54. The molecule has 0 bridgehead atoms. The zero-order chi connectivity index (χ0) is 9.78. The van der Waals surface area contributed by atoms with E-state index < -0.39 is 24.4 Å². The second kappa shape index (κ2) is 4.15. The van der Waals surface area contributed by atoms with Gasteiger partial charge in [-0.3, -0.25) is 0 Å². The van der Waals surface area contributed by atoms with Crippen molar-refractivity contribution in [1.29, 1.82) is 0 Å². The van der Waals surface area contributed by atoms with Crippen LogP contribution in [0.5, 0.6) is 0 Å². The van der Waals surface area contributed by atoms with Crippen LogP contribution in [-0.2, 0) is 14.3 Å². The van der Waals surface area contributed by atoms with Crippen molar-refractivity contribution in [3.63, 3.8) is 0 Å². The van der Waals surface area contributed by atoms with Crippen LogP contribution in [0.2, 0.25) is 0 Å². The van der Waals surface area contributed by atoms with E-state index in [1.54, 1.807) is 0 Å². The van der Waals surface area contributed by atoms with Crippen molar-refractivity contribution in [3.8, 4) is 0 Å². The molecule has 0 aliphatic carbocycles. The first kappa shape index (κ1) is 11.0. The predicted molar refractivity (Wildman–Crippen MR) is 29.3 cm³/mol. The van der Waals surface area contributed by atoms with E-state index in [9.17, 15) is 22.8 Å². The number of esters is 1. The van der Waals surface area contributed by atoms with Crippen LogP contribution in [0.3, 0.4) is 0 Å². The SMILES string of the molecule is O=C(Cl)OCOC(=O)C(F)(F)F. The molecular weight excluding hydrogens is 204 g/mol. The fourth-order valence-electron chi connectivity index (χ4n) is 0.211. The minimum atomic E-state index is -5.10. The lowest BCUT2D eigenvalue weighted by atomic mass is 10.7. The van der Waals surface area contributed by atoms with Gasteiger partial charge in [-0.05, 0) is 0 Å². The summed E-state index contributed by atoms with van der Waals surface area (Å²) in [6.45, 7) is -1.15. The quantitative estimate of drug-likeness (QED) is 0.390. The number of carbonyl (C=O) groups excluding carboxylic acids is 2. The van der Waals surface area contributed by atoms with Crippen LogP contribution in [0.1, 0.15) is 0 Å². The Bertz CT molecular complexity index is 189. The zero-order valence-electron chi connectivity index (χ0n) is 5.35. The van der Waals surface area contributed by atoms with Gasteiger partial charge in [0.1, 0.15) is 0 Å². The van der Waals surface area contributed by atoms with E-state index in [2.05, 4.69) is 21.1 Å². The van der Waals surface area contributed by atoms with E-state index >= 15 is 0 Å². The van der Waals surface area contributed by atoms with Gasteiger partial charge in [0.15, 0.2) is 0 Å². The maximum absolute atomic E-state index is 11.3. The van der Waals surface area contributed by atoms with Gasteiger partial charge in [-0.25, -0.2) is 9.59 Å². The summed E-state index contributed by atoms with van der Waals surface area (Å²) in [7, 11) is 0. The fraction of sp³-hybridized carbons (Fsp3) is 0.500. The molecule has 0 spiro atoms. The second-order valence-electron chi connectivity index (χ2n) is 1.43. The smallest absolute Gasteiger partial charge is 0.421 e. The number of halogens is 4. The van der Waals surface area contributed by atoms with E-state index in [1.807, 2.05) is 0 Å². The molecule has 0 fully saturated rings. The highest BCUT2D eigenvalue weighted by Gasteiger charge is 2.41. The molecule has 0 aliphatic heterocycles. The van der Waals surface area contributed by atoms with Gasteiger partial charge >= 0.3 is 17.6 Å². The number of hydrogen-bond acceptors (Lipinski definition) is 4. The van der Waals surface area contributed by atoms with E-state index in [0.717, 1.165) is 0 Å². The first-order chi connectivity index (χ1) is 5.34. The Balaban J connectivity index is 3.66. The molecular formula is C4H2ClF3O4. The Labute approximate surface area is 69.2 Å². The first-order valence-corrected chi connectivity index (χ1v) is 2.78. The highest BCUT2D eigenvalue weighted by atomic mass is 35.5. The summed E-state index contributed by atoms with van der Waals surface area (Å²) in [6.07, 6.45) is -5.10. The maximum Gasteiger partial charge on any atom is 0.491 e. The molecule has 70 valence electrons. The lowest BCUT2D eigenvalue weighted by Crippen LogP contribution is -2.26. The van der Waals surface area contributed by atoms with Crippen molar-refractivity contribution >= 4 is 23.0 Å². The van der Waals surface area contributed by atoms with Crippen LogP contribution in [0.25, 0.3) is 0 Å². The van der Waals surface area contributed by atoms with E-state index in [4.69, 9.17) is 0 Å². The number of hydrogen-bond donors (Lipinski definition) is 0. The molecule has 0 saturated heterocycles. The van der Waals surface area contributed by atoms with Gasteiger partial charge in [-0.15, -0.1) is 0 Å². The topological polar surface area (TPSA) is 52.6 Å². The molecule has 0 amide bonds. The number of rotatable bonds is 2. The molecule has 8 heteroatoms. The molecule has 0 aliphatic rings. The van der Waals surface area contributed by atoms with Crippen molar-refractivity contribution in [2.24, 2.45) is 0 Å². The van der Waals surface area contributed by atoms with Gasteiger partial charge in [0.05, 0.1) is 0 Å². The van der Waals surface area contributed by atoms with Crippen molar-refractivity contribution < 1.29 is 32.2 Å². The molecule has 0 radical (unpaired) electrons. The lowest BCUT2D eigenvalue weighted by molar-refractivity contribution is -0.206. The maximum atomic E-state index is 11.3. The van der Waals surface area contributed by atoms with Crippen LogP contribution >= 0.6 is 11.6 Å². The summed E-state index contributed by atoms with van der Waals surface area (Å²) in [5, 5.41) is 0. The Morgan fingerprint density at radius 2 is 1.75 bits per heavy atom. The third-order valence-corrected chi connectivity index (χ3v) is 0.703. The molecule has 0 aromatic carbocycles. The zero-order valence-corrected chi connectivity index (χ0v) is 6.11. The largest absolute Gasteiger partial charge is 0.491 e. The third-order valence-electron chi connectivity index (χ3n) is 0.594. The van der Waals surface area contributed by atoms with Gasteiger partial charge in [-0.2, -0.15) is 13.2 Å². The summed E-state index contributed by atoms with van der Waals surface area (Å²) in [4.78, 5) is 19.6. The molecule has 0 saturated carbocycles. The summed E-state index contributed by atoms with van der Waals surface area (Å²) in [5.74, 6) is -2.44. The summed E-state index contributed by atoms with van der Waals surface area (Å²) in [5.41, 5.74) is -1.36. The Morgan fingerprint density at radius 3 is 2.08 bits per heavy atom. The third kappa shape index (κ3) is 4.78. The van der Waals surface area contributed by atoms with Gasteiger partial charge < -0.3 is 9.47 Å². The van der Waals surface area contributed by atoms with E-state index in [-0.39, 0.29) is 0 Å². The minimum absolute atomic E-state index is 1.15. The molecule has 0 aromatic heterocycles. The minimum Gasteiger partial charge on any atom is -0.421 e. The summed E-state index contributed by atoms with van der Waals surface area (Å²) in [6, 6.07) is 0. The van der Waals surface area contributed by atoms with Gasteiger partial charge in [-0.1, -0.05) is 0 Å². The Morgan fingerprint density at radius 1 is 1.25 bits per heavy atom. The van der Waals surface area contributed by atoms with Crippen LogP contribution in [-0.4, -0.2) is 24.4 Å². The molecule has 0 heterocycles. The van der Waals surface area contributed by atoms with Gasteiger partial charge in [0, 0.05) is 11.6 Å². The Kier molecular flexibility index (Phi) is 3.81. The molecule has 0 aromatic rings. The lowest BCUT2D eigenvalue weighted by Gasteiger charge is -2.05. The number of alkyl halides is 3. The molecule has 4 nitrogen and oxygen atoms in total. The summed E-state index contributed by atoms with van der Waals surface area (Å²) < 4.78 is 41.1. The van der Waals surface area contributed by atoms with Gasteiger partial charge in [0.25, 0.3) is 0 Å². The molecule has 0 atom stereocenters. The van der Waals surface area contributed by atoms with Crippen molar-refractivity contribution in [1.82, 2.24) is 0 Å². The van der Waals surface area contributed by atoms with E-state index in [1.165, 1.54) is 0 Å². The standard InChI is InChI=1S/C4H2ClF3O4/c5-3(10)12-1-11-2(9)4(6,7)8/h1H2. The van der Waals surface area contributed by atoms with Crippen molar-refractivity contribution in [3.05, 3.63) is 0 Å². The van der Waals surface area contributed by atoms with E-state index in [0.29, 0.717) is 0 Å². The monoisotopic (exact) mass is 206 g/mol. The fourth-order valence-corrected chi connectivity index (χ4v) is 0.256. The average Bonchev–Trinajstić information content (AvgIpc) is 1.84. The number of ether oxygens (including phenoxy) is 2. The highest BCUT2D eigenvalue weighted by Crippen LogP contribution is 2.16. The molecule has 0 rings (SSSR count). The van der Waals surface area contributed by atoms with Gasteiger partial charge in [0.2, 0.25) is 6.79 Å². The number of carbonyl (C=O) groups is 2. The van der Waals surface area contributed by atoms with Crippen molar-refractivity contribution in [2.75, 3.05) is 6.79 Å². The normalized spacial score (nSPS) is 10.7. The first-order valence-electron chi connectivity index (χ1n) is 2.40. The van der Waals surface area contributed by atoms with Crippen LogP contribution in [0.15, 0.2) is 0 Å².